The Morgan fingerprint density at radius 3 is 2.96 bits per heavy atom. The molecule has 0 bridgehead atoms. The first kappa shape index (κ1) is 14.9. The van der Waals surface area contributed by atoms with Crippen LogP contribution in [0.3, 0.4) is 0 Å². The molecule has 23 heavy (non-hydrogen) atoms. The fraction of sp³-hybridized carbons (Fsp3) is 0.412. The molecular weight excluding hydrogens is 326 g/mol. The van der Waals surface area contributed by atoms with Gasteiger partial charge >= 0.3 is 0 Å². The molecule has 1 amide bonds. The van der Waals surface area contributed by atoms with Crippen LogP contribution in [0.4, 0.5) is 0 Å². The van der Waals surface area contributed by atoms with Crippen molar-refractivity contribution in [2.24, 2.45) is 0 Å². The first-order valence-electron chi connectivity index (χ1n) is 8.08. The number of aromatic nitrogens is 2. The number of amides is 1. The summed E-state index contributed by atoms with van der Waals surface area (Å²) < 4.78 is 2.06. The third kappa shape index (κ3) is 3.19. The van der Waals surface area contributed by atoms with Crippen molar-refractivity contribution in [2.45, 2.75) is 44.6 Å². The molecule has 0 saturated heterocycles. The molecule has 0 unspecified atom stereocenters. The molecule has 3 aromatic heterocycles. The summed E-state index contributed by atoms with van der Waals surface area (Å²) in [5.74, 6) is 0.128. The number of hydrogen-bond donors (Lipinski definition) is 1. The highest BCUT2D eigenvalue weighted by Crippen LogP contribution is 2.27. The summed E-state index contributed by atoms with van der Waals surface area (Å²) in [6, 6.07) is 4.48. The fourth-order valence-electron chi connectivity index (χ4n) is 3.19. The lowest BCUT2D eigenvalue weighted by molar-refractivity contribution is -0.121. The third-order valence-corrected chi connectivity index (χ3v) is 6.15. The Morgan fingerprint density at radius 1 is 1.30 bits per heavy atom. The Hall–Kier alpha value is -1.66. The minimum atomic E-state index is 0.128. The van der Waals surface area contributed by atoms with E-state index in [1.54, 1.807) is 22.7 Å². The van der Waals surface area contributed by atoms with Crippen LogP contribution >= 0.6 is 22.7 Å². The normalized spacial score (nSPS) is 16.0. The van der Waals surface area contributed by atoms with E-state index in [2.05, 4.69) is 26.1 Å². The number of imidazole rings is 1. The van der Waals surface area contributed by atoms with Crippen LogP contribution in [0.1, 0.15) is 37.8 Å². The summed E-state index contributed by atoms with van der Waals surface area (Å²) in [4.78, 5) is 19.1. The van der Waals surface area contributed by atoms with E-state index >= 15 is 0 Å². The highest BCUT2D eigenvalue weighted by molar-refractivity contribution is 7.15. The van der Waals surface area contributed by atoms with Gasteiger partial charge in [0, 0.05) is 23.3 Å². The van der Waals surface area contributed by atoms with E-state index in [-0.39, 0.29) is 5.91 Å². The summed E-state index contributed by atoms with van der Waals surface area (Å²) in [6.45, 7) is 0. The van der Waals surface area contributed by atoms with Gasteiger partial charge in [-0.1, -0.05) is 25.3 Å². The number of nitrogens with zero attached hydrogens (tertiary/aromatic N) is 2. The molecule has 4 nitrogen and oxygen atoms in total. The van der Waals surface area contributed by atoms with E-state index in [1.165, 1.54) is 24.1 Å². The van der Waals surface area contributed by atoms with Crippen LogP contribution in [-0.4, -0.2) is 21.3 Å². The van der Waals surface area contributed by atoms with Gasteiger partial charge in [0.15, 0.2) is 4.96 Å². The number of thiazole rings is 1. The highest BCUT2D eigenvalue weighted by Gasteiger charge is 2.17. The number of rotatable bonds is 4. The summed E-state index contributed by atoms with van der Waals surface area (Å²) in [7, 11) is 0. The topological polar surface area (TPSA) is 46.4 Å². The van der Waals surface area contributed by atoms with Crippen LogP contribution in [-0.2, 0) is 11.2 Å². The predicted octanol–water partition coefficient (Wildman–Crippen LogP) is 4.12. The maximum Gasteiger partial charge on any atom is 0.226 e. The Kier molecular flexibility index (Phi) is 4.18. The van der Waals surface area contributed by atoms with E-state index in [1.807, 2.05) is 17.6 Å². The SMILES string of the molecule is O=C(Cc1csc2nc(-c3cccs3)cn12)NC1CCCCC1. The molecule has 6 heteroatoms. The Balaban J connectivity index is 1.49. The molecule has 0 atom stereocenters. The van der Waals surface area contributed by atoms with Gasteiger partial charge in [-0.2, -0.15) is 0 Å². The molecule has 1 fully saturated rings. The van der Waals surface area contributed by atoms with Crippen molar-refractivity contribution in [3.05, 3.63) is 34.8 Å². The Bertz CT molecular complexity index is 797. The number of carbonyl (C=O) groups is 1. The zero-order valence-electron chi connectivity index (χ0n) is 12.8. The molecule has 3 aromatic rings. The largest absolute Gasteiger partial charge is 0.353 e. The second kappa shape index (κ2) is 6.45. The first-order chi connectivity index (χ1) is 11.3. The average molecular weight is 345 g/mol. The molecule has 4 rings (SSSR count). The fourth-order valence-corrected chi connectivity index (χ4v) is 4.74. The molecule has 1 aliphatic rings. The van der Waals surface area contributed by atoms with Crippen molar-refractivity contribution in [2.75, 3.05) is 0 Å². The van der Waals surface area contributed by atoms with Gasteiger partial charge in [0.25, 0.3) is 0 Å². The van der Waals surface area contributed by atoms with Crippen LogP contribution in [0, 0.1) is 0 Å². The van der Waals surface area contributed by atoms with Crippen LogP contribution in [0.5, 0.6) is 0 Å². The molecule has 1 aliphatic carbocycles. The summed E-state index contributed by atoms with van der Waals surface area (Å²) in [5, 5.41) is 7.29. The van der Waals surface area contributed by atoms with E-state index in [4.69, 9.17) is 0 Å². The second-order valence-electron chi connectivity index (χ2n) is 6.06. The lowest BCUT2D eigenvalue weighted by Crippen LogP contribution is -2.37. The summed E-state index contributed by atoms with van der Waals surface area (Å²) >= 11 is 3.28. The van der Waals surface area contributed by atoms with Gasteiger partial charge in [0.05, 0.1) is 11.3 Å². The number of carbonyl (C=O) groups excluding carboxylic acids is 1. The molecular formula is C17H19N3OS2. The van der Waals surface area contributed by atoms with Crippen LogP contribution in [0.25, 0.3) is 15.5 Å². The molecule has 0 radical (unpaired) electrons. The van der Waals surface area contributed by atoms with Crippen molar-refractivity contribution in [1.29, 1.82) is 0 Å². The van der Waals surface area contributed by atoms with Crippen molar-refractivity contribution in [3.63, 3.8) is 0 Å². The Labute approximate surface area is 143 Å². The van der Waals surface area contributed by atoms with Gasteiger partial charge in [0.2, 0.25) is 5.91 Å². The first-order valence-corrected chi connectivity index (χ1v) is 9.84. The van der Waals surface area contributed by atoms with Crippen molar-refractivity contribution >= 4 is 33.5 Å². The molecule has 0 aromatic carbocycles. The Morgan fingerprint density at radius 2 is 2.17 bits per heavy atom. The zero-order chi connectivity index (χ0) is 15.6. The molecule has 120 valence electrons. The highest BCUT2D eigenvalue weighted by atomic mass is 32.1. The van der Waals surface area contributed by atoms with Gasteiger partial charge in [0.1, 0.15) is 5.69 Å². The summed E-state index contributed by atoms with van der Waals surface area (Å²) in [6.07, 6.45) is 8.49. The van der Waals surface area contributed by atoms with Gasteiger partial charge in [-0.05, 0) is 24.3 Å². The molecule has 0 aliphatic heterocycles. The monoisotopic (exact) mass is 345 g/mol. The minimum absolute atomic E-state index is 0.128. The standard InChI is InChI=1S/C17H19N3OS2/c21-16(18-12-5-2-1-3-6-12)9-13-11-23-17-19-14(10-20(13)17)15-7-4-8-22-15/h4,7-8,10-12H,1-3,5-6,9H2,(H,18,21). The summed E-state index contributed by atoms with van der Waals surface area (Å²) in [5.41, 5.74) is 2.01. The lowest BCUT2D eigenvalue weighted by Gasteiger charge is -2.22. The smallest absolute Gasteiger partial charge is 0.226 e. The number of nitrogens with one attached hydrogen (secondary N) is 1. The van der Waals surface area contributed by atoms with Gasteiger partial charge in [-0.15, -0.1) is 22.7 Å². The zero-order valence-corrected chi connectivity index (χ0v) is 14.5. The van der Waals surface area contributed by atoms with Crippen molar-refractivity contribution < 1.29 is 4.79 Å². The number of thiophene rings is 1. The second-order valence-corrected chi connectivity index (χ2v) is 7.85. The van der Waals surface area contributed by atoms with Crippen molar-refractivity contribution in [3.8, 4) is 10.6 Å². The molecule has 3 heterocycles. The molecule has 1 saturated carbocycles. The minimum Gasteiger partial charge on any atom is -0.353 e. The van der Waals surface area contributed by atoms with Gasteiger partial charge < -0.3 is 5.32 Å². The van der Waals surface area contributed by atoms with E-state index < -0.39 is 0 Å². The number of fused-ring (bicyclic) bond motifs is 1. The van der Waals surface area contributed by atoms with Crippen molar-refractivity contribution in [1.82, 2.24) is 14.7 Å². The van der Waals surface area contributed by atoms with Crippen LogP contribution in [0.2, 0.25) is 0 Å². The maximum absolute atomic E-state index is 12.3. The van der Waals surface area contributed by atoms with E-state index in [9.17, 15) is 4.79 Å². The van der Waals surface area contributed by atoms with Crippen LogP contribution in [0.15, 0.2) is 29.1 Å². The van der Waals surface area contributed by atoms with Crippen LogP contribution < -0.4 is 5.32 Å². The molecule has 0 spiro atoms. The van der Waals surface area contributed by atoms with Gasteiger partial charge in [-0.3, -0.25) is 9.20 Å². The predicted molar refractivity (Wildman–Crippen MR) is 95.1 cm³/mol. The molecule has 1 N–H and O–H groups in total. The number of hydrogen-bond acceptors (Lipinski definition) is 4. The average Bonchev–Trinajstić information content (AvgIpc) is 3.25. The van der Waals surface area contributed by atoms with E-state index in [0.717, 1.165) is 29.2 Å². The van der Waals surface area contributed by atoms with E-state index in [0.29, 0.717) is 12.5 Å². The van der Waals surface area contributed by atoms with Gasteiger partial charge in [-0.25, -0.2) is 4.98 Å². The maximum atomic E-state index is 12.3. The third-order valence-electron chi connectivity index (χ3n) is 4.37. The lowest BCUT2D eigenvalue weighted by atomic mass is 9.95. The quantitative estimate of drug-likeness (QED) is 0.773.